The van der Waals surface area contributed by atoms with E-state index in [2.05, 4.69) is 9.98 Å². The van der Waals surface area contributed by atoms with Crippen molar-refractivity contribution in [2.45, 2.75) is 0 Å². The fourth-order valence-electron chi connectivity index (χ4n) is 0.262. The van der Waals surface area contributed by atoms with Crippen LogP contribution in [0.2, 0.25) is 0 Å². The van der Waals surface area contributed by atoms with Crippen LogP contribution >= 0.6 is 0 Å². The first-order chi connectivity index (χ1) is 3.29. The van der Waals surface area contributed by atoms with Crippen LogP contribution in [0.5, 0.6) is 0 Å². The largest absolute Gasteiger partial charge is 0.370 e. The molecule has 0 aromatic carbocycles. The highest BCUT2D eigenvalue weighted by Gasteiger charge is 2.05. The number of amides is 1. The van der Waals surface area contributed by atoms with E-state index in [0.717, 1.165) is 6.21 Å². The molecule has 35 valence electrons. The van der Waals surface area contributed by atoms with Gasteiger partial charge in [-0.25, -0.2) is 5.11 Å². The van der Waals surface area contributed by atoms with Crippen LogP contribution in [0.25, 0.3) is 0 Å². The average molecular weight is 97.1 g/mol. The van der Waals surface area contributed by atoms with Crippen LogP contribution in [0.4, 0.5) is 0 Å². The van der Waals surface area contributed by atoms with Crippen LogP contribution in [0.3, 0.4) is 0 Å². The minimum absolute atomic E-state index is 0.565. The van der Waals surface area contributed by atoms with Gasteiger partial charge in [-0.3, -0.25) is 4.79 Å². The number of aliphatic imine (C=N–C) groups is 2. The molecule has 4 nitrogen and oxygen atoms in total. The molecule has 1 amide bonds. The Morgan fingerprint density at radius 3 is 2.43 bits per heavy atom. The third kappa shape index (κ3) is 0.623. The Labute approximate surface area is 39.2 Å². The highest BCUT2D eigenvalue weighted by molar-refractivity contribution is 6.33. The molecule has 1 aliphatic rings. The second-order valence-corrected chi connectivity index (χ2v) is 0.991. The Hall–Kier alpha value is -1.19. The molecule has 0 unspecified atom stereocenters. The van der Waals surface area contributed by atoms with E-state index < -0.39 is 11.9 Å². The van der Waals surface area contributed by atoms with Crippen molar-refractivity contribution >= 4 is 18.1 Å². The number of hydrogen-bond acceptors (Lipinski definition) is 2. The Balaban J connectivity index is 2.88. The number of rotatable bonds is 0. The zero-order valence-corrected chi connectivity index (χ0v) is 3.29. The van der Waals surface area contributed by atoms with Crippen molar-refractivity contribution in [1.82, 2.24) is 0 Å². The van der Waals surface area contributed by atoms with Gasteiger partial charge in [0, 0.05) is 0 Å². The monoisotopic (exact) mass is 97.0 g/mol. The number of amidine groups is 1. The van der Waals surface area contributed by atoms with Crippen LogP contribution in [0, 0.1) is 0 Å². The van der Waals surface area contributed by atoms with Crippen molar-refractivity contribution in [2.24, 2.45) is 9.98 Å². The quantitative estimate of drug-likeness (QED) is 0.397. The van der Waals surface area contributed by atoms with Gasteiger partial charge in [-0.15, -0.1) is 4.99 Å². The zero-order chi connectivity index (χ0) is 5.28. The van der Waals surface area contributed by atoms with Gasteiger partial charge in [0.1, 0.15) is 6.21 Å². The number of hydrogen-bond donors (Lipinski definition) is 0. The van der Waals surface area contributed by atoms with Gasteiger partial charge in [0.25, 0.3) is 5.91 Å². The lowest BCUT2D eigenvalue weighted by Crippen LogP contribution is -1.85. The van der Waals surface area contributed by atoms with Crippen molar-refractivity contribution in [3.8, 4) is 0 Å². The molecular weight excluding hydrogens is 96.0 g/mol. The van der Waals surface area contributed by atoms with E-state index in [-0.39, 0.29) is 0 Å². The Kier molecular flexibility index (Phi) is 0.651. The number of carbonyl (C=O) groups excluding carboxylic acids is 1. The Morgan fingerprint density at radius 1 is 1.57 bits per heavy atom. The van der Waals surface area contributed by atoms with Gasteiger partial charge >= 0.3 is 6.02 Å². The summed E-state index contributed by atoms with van der Waals surface area (Å²) in [7, 11) is 0. The van der Waals surface area contributed by atoms with Crippen molar-refractivity contribution in [3.63, 3.8) is 0 Å². The molecule has 0 saturated heterocycles. The van der Waals surface area contributed by atoms with Crippen LogP contribution in [-0.2, 0) is 9.90 Å². The van der Waals surface area contributed by atoms with Gasteiger partial charge in [0.15, 0.2) is 0 Å². The van der Waals surface area contributed by atoms with Gasteiger partial charge in [-0.05, 0) is 0 Å². The SMILES string of the molecule is [O]C1=NC(=O)C=N1. The molecule has 1 rings (SSSR count). The van der Waals surface area contributed by atoms with E-state index in [1.807, 2.05) is 0 Å². The predicted octanol–water partition coefficient (Wildman–Crippen LogP) is -0.616. The van der Waals surface area contributed by atoms with Crippen molar-refractivity contribution < 1.29 is 9.90 Å². The second-order valence-electron chi connectivity index (χ2n) is 0.991. The maximum atomic E-state index is 9.92. The van der Waals surface area contributed by atoms with E-state index in [0.29, 0.717) is 0 Å². The maximum absolute atomic E-state index is 9.92. The molecule has 4 heteroatoms. The first-order valence-corrected chi connectivity index (χ1v) is 1.63. The summed E-state index contributed by atoms with van der Waals surface area (Å²) in [6.07, 6.45) is 0.891. The molecule has 0 spiro atoms. The smallest absolute Gasteiger partial charge is 0.266 e. The molecule has 0 N–H and O–H groups in total. The molecule has 0 aliphatic carbocycles. The lowest BCUT2D eigenvalue weighted by molar-refractivity contribution is -0.111. The Bertz CT molecular complexity index is 158. The summed E-state index contributed by atoms with van der Waals surface area (Å²) in [5.41, 5.74) is 0. The topological polar surface area (TPSA) is 61.7 Å². The molecule has 1 radical (unpaired) electrons. The molecule has 0 atom stereocenters. The van der Waals surface area contributed by atoms with E-state index in [4.69, 9.17) is 0 Å². The highest BCUT2D eigenvalue weighted by Crippen LogP contribution is 1.85. The predicted molar refractivity (Wildman–Crippen MR) is 21.6 cm³/mol. The third-order valence-electron chi connectivity index (χ3n) is 0.491. The molecule has 0 aromatic rings. The van der Waals surface area contributed by atoms with Crippen LogP contribution in [-0.4, -0.2) is 18.1 Å². The molecular formula is C3HN2O2. The summed E-state index contributed by atoms with van der Waals surface area (Å²) in [6, 6.07) is -0.704. The van der Waals surface area contributed by atoms with Gasteiger partial charge < -0.3 is 0 Å². The summed E-state index contributed by atoms with van der Waals surface area (Å²) >= 11 is 0. The summed E-state index contributed by atoms with van der Waals surface area (Å²) in [6.45, 7) is 0. The van der Waals surface area contributed by atoms with E-state index in [1.54, 1.807) is 0 Å². The highest BCUT2D eigenvalue weighted by atomic mass is 16.3. The lowest BCUT2D eigenvalue weighted by Gasteiger charge is -1.64. The van der Waals surface area contributed by atoms with Gasteiger partial charge in [-0.2, -0.15) is 4.99 Å². The standard InChI is InChI=1S/C3HN2O2/c6-2-1-4-3(7)5-2/h1H. The van der Waals surface area contributed by atoms with E-state index >= 15 is 0 Å². The maximum Gasteiger partial charge on any atom is 0.370 e. The van der Waals surface area contributed by atoms with Gasteiger partial charge in [0.2, 0.25) is 0 Å². The van der Waals surface area contributed by atoms with Crippen molar-refractivity contribution in [3.05, 3.63) is 0 Å². The fourth-order valence-corrected chi connectivity index (χ4v) is 0.262. The number of carbonyl (C=O) groups is 1. The zero-order valence-electron chi connectivity index (χ0n) is 3.29. The van der Waals surface area contributed by atoms with Crippen molar-refractivity contribution in [2.75, 3.05) is 0 Å². The molecule has 1 aliphatic heterocycles. The molecule has 0 fully saturated rings. The number of nitrogens with zero attached hydrogens (tertiary/aromatic N) is 2. The normalized spacial score (nSPS) is 17.7. The molecule has 0 saturated carbocycles. The van der Waals surface area contributed by atoms with E-state index in [9.17, 15) is 9.90 Å². The van der Waals surface area contributed by atoms with Crippen molar-refractivity contribution in [1.29, 1.82) is 0 Å². The molecule has 0 aromatic heterocycles. The van der Waals surface area contributed by atoms with Crippen LogP contribution in [0.1, 0.15) is 0 Å². The Morgan fingerprint density at radius 2 is 2.29 bits per heavy atom. The summed E-state index contributed by atoms with van der Waals surface area (Å²) < 4.78 is 0. The van der Waals surface area contributed by atoms with Crippen LogP contribution in [0.15, 0.2) is 9.98 Å². The van der Waals surface area contributed by atoms with Gasteiger partial charge in [-0.1, -0.05) is 0 Å². The fraction of sp³-hybridized carbons (Fsp3) is 0. The minimum Gasteiger partial charge on any atom is -0.266 e. The molecule has 0 bridgehead atoms. The first kappa shape index (κ1) is 3.98. The van der Waals surface area contributed by atoms with Gasteiger partial charge in [0.05, 0.1) is 0 Å². The molecule has 7 heavy (non-hydrogen) atoms. The lowest BCUT2D eigenvalue weighted by atomic mass is 10.7. The van der Waals surface area contributed by atoms with Crippen LogP contribution < -0.4 is 0 Å². The summed E-state index contributed by atoms with van der Waals surface area (Å²) in [5, 5.41) is 9.87. The average Bonchev–Trinajstić information content (AvgIpc) is 1.87. The minimum atomic E-state index is -0.704. The van der Waals surface area contributed by atoms with E-state index in [1.165, 1.54) is 0 Å². The summed E-state index contributed by atoms with van der Waals surface area (Å²) in [5.74, 6) is -0.565. The molecule has 1 heterocycles. The second kappa shape index (κ2) is 1.14. The third-order valence-corrected chi connectivity index (χ3v) is 0.491. The summed E-state index contributed by atoms with van der Waals surface area (Å²) in [4.78, 5) is 15.8. The first-order valence-electron chi connectivity index (χ1n) is 1.63.